The molecule has 0 spiro atoms. The standard InChI is InChI=1S/C95H62BF3I3N9/c1-2-3-22-58-45-67(47-71(100)46-58)64-37-42-83-79(51-64)96-80-52-65(68-48-72(101)57-73(102)49-68)38-43-84(80)110(75-33-20-9-21-34-75)87-55-69(54-86(88(87)96)109(83)74-31-18-8-19-32-74)63-36-41-81-77(50-63)76-40-35-66(93-105-89(59-23-10-4-11-24-59)103-90(106-93)60-25-12-5-13-26-60)53-85(76)111(81)82-44-39-70(95(97,98)99)56-78(82)94-107-91(61-27-14-6-15-28-61)104-92(108-94)62-29-16-7-17-30-62/h4-21,23-57H,2-3,22H2,1H3. The number of rotatable bonds is 15. The molecule has 0 saturated carbocycles. The summed E-state index contributed by atoms with van der Waals surface area (Å²) in [4.78, 5) is 35.6. The number of anilines is 6. The van der Waals surface area contributed by atoms with Crippen LogP contribution >= 0.6 is 67.8 Å². The molecule has 2 aliphatic heterocycles. The molecule has 0 aliphatic carbocycles. The van der Waals surface area contributed by atoms with Crippen LogP contribution in [0.4, 0.5) is 47.3 Å². The minimum absolute atomic E-state index is 0.0583. The number of benzene rings is 14. The quantitative estimate of drug-likeness (QED) is 0.0741. The summed E-state index contributed by atoms with van der Waals surface area (Å²) in [7, 11) is 0. The van der Waals surface area contributed by atoms with Gasteiger partial charge in [0.1, 0.15) is 0 Å². The number of hydrogen-bond donors (Lipinski definition) is 0. The molecule has 0 bridgehead atoms. The zero-order valence-electron chi connectivity index (χ0n) is 59.6. The van der Waals surface area contributed by atoms with Crippen molar-refractivity contribution in [1.82, 2.24) is 34.5 Å². The van der Waals surface area contributed by atoms with Crippen molar-refractivity contribution in [3.05, 3.63) is 343 Å². The number of nitrogens with zero attached hydrogens (tertiary/aromatic N) is 9. The van der Waals surface area contributed by atoms with E-state index in [1.165, 1.54) is 38.8 Å². The lowest BCUT2D eigenvalue weighted by atomic mass is 9.33. The number of aromatic nitrogens is 7. The SMILES string of the molecule is CCCCc1cc(I)cc(-c2ccc3c(c2)B2c4cc(-c5cc(I)cc(I)c5)ccc4N(c4ccccc4)c4cc(-c5ccc6c(c5)c5ccc(-c7nc(-c8ccccc8)nc(-c8ccccc8)n7)cc5n6-c5ccc(C(F)(F)F)cc5-c5nc(-c6ccccc6)nc(-c6ccccc6)n5)cc(c42)N3c2ccccc2)c1. The number of unbranched alkanes of at least 4 members (excludes halogenated alkanes) is 1. The highest BCUT2D eigenvalue weighted by molar-refractivity contribution is 14.1. The Bertz CT molecular complexity index is 6340. The van der Waals surface area contributed by atoms with Crippen molar-refractivity contribution in [2.75, 3.05) is 9.80 Å². The van der Waals surface area contributed by atoms with Gasteiger partial charge in [-0.3, -0.25) is 0 Å². The molecule has 14 aromatic carbocycles. The summed E-state index contributed by atoms with van der Waals surface area (Å²) >= 11 is 7.36. The Balaban J connectivity index is 0.875. The molecule has 5 heterocycles. The smallest absolute Gasteiger partial charge is 0.311 e. The zero-order valence-corrected chi connectivity index (χ0v) is 66.1. The van der Waals surface area contributed by atoms with Gasteiger partial charge in [0.05, 0.1) is 22.3 Å². The highest BCUT2D eigenvalue weighted by Crippen LogP contribution is 2.49. The Hall–Kier alpha value is -11.5. The third-order valence-electron chi connectivity index (χ3n) is 21.0. The van der Waals surface area contributed by atoms with E-state index in [4.69, 9.17) is 29.9 Å². The van der Waals surface area contributed by atoms with Crippen molar-refractivity contribution < 1.29 is 13.2 Å². The van der Waals surface area contributed by atoms with Crippen molar-refractivity contribution in [2.45, 2.75) is 32.4 Å². The number of fused-ring (bicyclic) bond motifs is 7. The Kier molecular flexibility index (Phi) is 18.3. The molecule has 9 nitrogen and oxygen atoms in total. The predicted octanol–water partition coefficient (Wildman–Crippen LogP) is 24.4. The monoisotopic (exact) mass is 1780 g/mol. The van der Waals surface area contributed by atoms with Gasteiger partial charge in [-0.25, -0.2) is 29.9 Å². The van der Waals surface area contributed by atoms with Crippen LogP contribution in [0.25, 0.3) is 129 Å². The van der Waals surface area contributed by atoms with Crippen LogP contribution in [0.2, 0.25) is 0 Å². The number of alkyl halides is 3. The van der Waals surface area contributed by atoms with E-state index in [0.717, 1.165) is 120 Å². The van der Waals surface area contributed by atoms with Crippen LogP contribution in [0.1, 0.15) is 30.9 Å². The second kappa shape index (κ2) is 29.1. The minimum Gasteiger partial charge on any atom is -0.311 e. The van der Waals surface area contributed by atoms with Crippen molar-refractivity contribution in [1.29, 1.82) is 0 Å². The van der Waals surface area contributed by atoms with Gasteiger partial charge in [0.2, 0.25) is 0 Å². The Morgan fingerprint density at radius 1 is 0.324 bits per heavy atom. The number of para-hydroxylation sites is 2. The van der Waals surface area contributed by atoms with E-state index in [1.807, 2.05) is 138 Å². The molecule has 2 aliphatic rings. The highest BCUT2D eigenvalue weighted by Gasteiger charge is 2.44. The van der Waals surface area contributed by atoms with Gasteiger partial charge >= 0.3 is 6.18 Å². The molecule has 111 heavy (non-hydrogen) atoms. The lowest BCUT2D eigenvalue weighted by Gasteiger charge is -2.44. The summed E-state index contributed by atoms with van der Waals surface area (Å²) in [6.45, 7) is 2.02. The number of aryl methyl sites for hydroxylation is 1. The molecule has 0 amide bonds. The Morgan fingerprint density at radius 3 is 1.23 bits per heavy atom. The van der Waals surface area contributed by atoms with Crippen molar-refractivity contribution >= 4 is 147 Å². The highest BCUT2D eigenvalue weighted by atomic mass is 127. The van der Waals surface area contributed by atoms with Gasteiger partial charge in [-0.05, 0) is 251 Å². The maximum Gasteiger partial charge on any atom is 0.416 e. The van der Waals surface area contributed by atoms with E-state index in [2.05, 4.69) is 254 Å². The lowest BCUT2D eigenvalue weighted by molar-refractivity contribution is -0.137. The van der Waals surface area contributed by atoms with Crippen LogP contribution in [0, 0.1) is 10.7 Å². The first-order valence-corrected chi connectivity index (χ1v) is 40.0. The fourth-order valence-corrected chi connectivity index (χ4v) is 18.5. The van der Waals surface area contributed by atoms with Crippen molar-refractivity contribution in [3.8, 4) is 107 Å². The summed E-state index contributed by atoms with van der Waals surface area (Å²) in [5, 5.41) is 1.67. The van der Waals surface area contributed by atoms with Crippen LogP contribution in [0.15, 0.2) is 322 Å². The number of hydrogen-bond acceptors (Lipinski definition) is 8. The van der Waals surface area contributed by atoms with E-state index in [9.17, 15) is 0 Å². The normalized spacial score (nSPS) is 12.3. The molecular formula is C95H62BF3I3N9. The maximum atomic E-state index is 15.6. The summed E-state index contributed by atoms with van der Waals surface area (Å²) in [6, 6.07) is 109. The fraction of sp³-hybridized carbons (Fsp3) is 0.0526. The molecule has 16 heteroatoms. The third kappa shape index (κ3) is 13.2. The first kappa shape index (κ1) is 70.0. The molecule has 0 N–H and O–H groups in total. The van der Waals surface area contributed by atoms with Gasteiger partial charge in [0.15, 0.2) is 34.9 Å². The lowest BCUT2D eigenvalue weighted by Crippen LogP contribution is -2.61. The van der Waals surface area contributed by atoms with Crippen LogP contribution in [-0.2, 0) is 12.6 Å². The zero-order chi connectivity index (χ0) is 75.0. The van der Waals surface area contributed by atoms with Crippen molar-refractivity contribution in [2.24, 2.45) is 0 Å². The molecule has 17 aromatic rings. The maximum absolute atomic E-state index is 15.6. The topological polar surface area (TPSA) is 88.8 Å². The summed E-state index contributed by atoms with van der Waals surface area (Å²) in [5.74, 6) is 2.04. The molecular weight excluding hydrogens is 1720 g/mol. The second-order valence-electron chi connectivity index (χ2n) is 28.0. The van der Waals surface area contributed by atoms with Gasteiger partial charge in [-0.2, -0.15) is 13.2 Å². The molecule has 19 rings (SSSR count). The largest absolute Gasteiger partial charge is 0.416 e. The first-order chi connectivity index (χ1) is 54.3. The average Bonchev–Trinajstić information content (AvgIpc) is 1.16. The van der Waals surface area contributed by atoms with Crippen LogP contribution in [0.3, 0.4) is 0 Å². The summed E-state index contributed by atoms with van der Waals surface area (Å²) in [6.07, 6.45) is -1.50. The number of halogens is 6. The summed E-state index contributed by atoms with van der Waals surface area (Å²) in [5.41, 5.74) is 22.3. The van der Waals surface area contributed by atoms with Crippen molar-refractivity contribution in [3.63, 3.8) is 0 Å². The van der Waals surface area contributed by atoms with Gasteiger partial charge in [-0.1, -0.05) is 220 Å². The molecule has 532 valence electrons. The molecule has 0 fully saturated rings. The molecule has 0 atom stereocenters. The average molecular weight is 1780 g/mol. The molecule has 0 radical (unpaired) electrons. The Morgan fingerprint density at radius 2 is 0.739 bits per heavy atom. The predicted molar refractivity (Wildman–Crippen MR) is 472 cm³/mol. The van der Waals surface area contributed by atoms with E-state index in [0.29, 0.717) is 57.0 Å². The van der Waals surface area contributed by atoms with E-state index in [-0.39, 0.29) is 18.1 Å². The van der Waals surface area contributed by atoms with Gasteiger partial charge in [-0.15, -0.1) is 0 Å². The van der Waals surface area contributed by atoms with Gasteiger partial charge < -0.3 is 14.4 Å². The molecule has 0 saturated heterocycles. The van der Waals surface area contributed by atoms with Crippen LogP contribution in [-0.4, -0.2) is 41.2 Å². The second-order valence-corrected chi connectivity index (χ2v) is 31.7. The van der Waals surface area contributed by atoms with E-state index in [1.54, 1.807) is 6.07 Å². The Labute approximate surface area is 681 Å². The fourth-order valence-electron chi connectivity index (χ4n) is 15.9. The van der Waals surface area contributed by atoms with Gasteiger partial charge in [0.25, 0.3) is 6.71 Å². The van der Waals surface area contributed by atoms with Crippen LogP contribution < -0.4 is 26.2 Å². The summed E-state index contributed by atoms with van der Waals surface area (Å²) < 4.78 is 52.5. The third-order valence-corrected chi connectivity index (χ3v) is 22.8. The minimum atomic E-state index is -4.74. The van der Waals surface area contributed by atoms with E-state index < -0.39 is 11.7 Å². The van der Waals surface area contributed by atoms with Gasteiger partial charge in [0, 0.05) is 89.0 Å². The van der Waals surface area contributed by atoms with Crippen LogP contribution in [0.5, 0.6) is 0 Å². The molecule has 0 unspecified atom stereocenters. The molecule has 3 aromatic heterocycles. The first-order valence-electron chi connectivity index (χ1n) is 36.8. The van der Waals surface area contributed by atoms with E-state index >= 15 is 13.2 Å².